The van der Waals surface area contributed by atoms with Crippen LogP contribution in [-0.2, 0) is 25.7 Å². The highest BCUT2D eigenvalue weighted by Gasteiger charge is 2.34. The van der Waals surface area contributed by atoms with Crippen LogP contribution in [0.1, 0.15) is 44.8 Å². The summed E-state index contributed by atoms with van der Waals surface area (Å²) in [6, 6.07) is 25.2. The number of benzene rings is 3. The summed E-state index contributed by atoms with van der Waals surface area (Å²) in [5.74, 6) is 0. The first-order valence-electron chi connectivity index (χ1n) is 12.4. The maximum absolute atomic E-state index is 4.76. The van der Waals surface area contributed by atoms with Gasteiger partial charge in [-0.25, -0.2) is 0 Å². The van der Waals surface area contributed by atoms with Gasteiger partial charge in [0.05, 0.1) is 28.5 Å². The molecule has 0 saturated carbocycles. The Kier molecular flexibility index (Phi) is 3.24. The number of hydrogen-bond donors (Lipinski definition) is 0. The van der Waals surface area contributed by atoms with Crippen molar-refractivity contribution in [3.63, 3.8) is 0 Å². The second-order valence-corrected chi connectivity index (χ2v) is 10.2. The first-order chi connectivity index (χ1) is 17.3. The number of hydrogen-bond acceptors (Lipinski definition) is 3. The Bertz CT molecular complexity index is 1760. The molecule has 0 N–H and O–H groups in total. The molecule has 35 heavy (non-hydrogen) atoms. The van der Waals surface area contributed by atoms with E-state index in [9.17, 15) is 0 Å². The highest BCUT2D eigenvalue weighted by molar-refractivity contribution is 5.92. The topological polar surface area (TPSA) is 29.0 Å². The van der Waals surface area contributed by atoms with Gasteiger partial charge in [-0.3, -0.25) is 9.97 Å². The molecule has 3 heteroatoms. The molecule has 0 spiro atoms. The normalized spacial score (nSPS) is 14.9. The highest BCUT2D eigenvalue weighted by atomic mass is 15.2. The number of nitrogens with zero attached hydrogens (tertiary/aromatic N) is 3. The van der Waals surface area contributed by atoms with Crippen LogP contribution < -0.4 is 4.90 Å². The Morgan fingerprint density at radius 2 is 1.20 bits per heavy atom. The molecule has 0 unspecified atom stereocenters. The van der Waals surface area contributed by atoms with Gasteiger partial charge in [-0.15, -0.1) is 0 Å². The van der Waals surface area contributed by atoms with Crippen LogP contribution in [0.2, 0.25) is 0 Å². The molecule has 0 fully saturated rings. The van der Waals surface area contributed by atoms with Crippen molar-refractivity contribution in [3.8, 4) is 22.3 Å². The molecule has 5 aromatic rings. The van der Waals surface area contributed by atoms with Crippen LogP contribution in [0.25, 0.3) is 22.3 Å². The van der Waals surface area contributed by atoms with Gasteiger partial charge < -0.3 is 4.90 Å². The van der Waals surface area contributed by atoms with Crippen LogP contribution in [0.5, 0.6) is 0 Å². The zero-order chi connectivity index (χ0) is 22.7. The Balaban J connectivity index is 1.23. The molecule has 9 rings (SSSR count). The third-order valence-electron chi connectivity index (χ3n) is 8.36. The van der Waals surface area contributed by atoms with Crippen LogP contribution in [0, 0.1) is 0 Å². The molecule has 4 heterocycles. The zero-order valence-electron chi connectivity index (χ0n) is 19.2. The molecule has 0 amide bonds. The summed E-state index contributed by atoms with van der Waals surface area (Å²) in [5.41, 5.74) is 20.2. The van der Waals surface area contributed by atoms with Crippen LogP contribution >= 0.6 is 0 Å². The van der Waals surface area contributed by atoms with E-state index in [1.54, 1.807) is 0 Å². The van der Waals surface area contributed by atoms with E-state index in [2.05, 4.69) is 71.6 Å². The van der Waals surface area contributed by atoms with Crippen LogP contribution in [0.15, 0.2) is 79.1 Å². The fourth-order valence-electron chi connectivity index (χ4n) is 6.85. The van der Waals surface area contributed by atoms with Crippen LogP contribution in [0.3, 0.4) is 0 Å². The lowest BCUT2D eigenvalue weighted by atomic mass is 9.88. The Morgan fingerprint density at radius 1 is 0.486 bits per heavy atom. The molecule has 2 aliphatic heterocycles. The van der Waals surface area contributed by atoms with Crippen LogP contribution in [0.4, 0.5) is 17.1 Å². The van der Waals surface area contributed by atoms with E-state index in [0.717, 1.165) is 37.1 Å². The first-order valence-corrected chi connectivity index (χ1v) is 12.4. The van der Waals surface area contributed by atoms with Crippen molar-refractivity contribution in [3.05, 3.63) is 124 Å². The molecule has 3 aromatic carbocycles. The van der Waals surface area contributed by atoms with Gasteiger partial charge in [0.25, 0.3) is 0 Å². The largest absolute Gasteiger partial charge is 0.306 e. The summed E-state index contributed by atoms with van der Waals surface area (Å²) in [5, 5.41) is 0. The van der Waals surface area contributed by atoms with Gasteiger partial charge in [0.15, 0.2) is 0 Å². The van der Waals surface area contributed by atoms with Crippen molar-refractivity contribution in [2.75, 3.05) is 4.90 Å². The summed E-state index contributed by atoms with van der Waals surface area (Å²) in [6.07, 6.45) is 7.65. The molecule has 0 atom stereocenters. The van der Waals surface area contributed by atoms with E-state index >= 15 is 0 Å². The highest BCUT2D eigenvalue weighted by Crippen LogP contribution is 2.52. The smallest absolute Gasteiger partial charge is 0.0717 e. The van der Waals surface area contributed by atoms with E-state index in [-0.39, 0.29) is 0 Å². The second kappa shape index (κ2) is 6.25. The number of aromatic nitrogens is 2. The Labute approximate surface area is 203 Å². The SMILES string of the molecule is c1ccc2c(c1)Cc1cc3c(cc1-2)Cc1cc2c(cc1-3)Cc1ccnc3c1N2c1cccnc1C3. The predicted octanol–water partition coefficient (Wildman–Crippen LogP) is 6.90. The molecule has 164 valence electrons. The molecule has 0 radical (unpaired) electrons. The standard InChI is InChI=1S/C32H21N3/c1-2-5-24-18(4-1)10-20-14-26-21(13-25(20)24)12-22-16-31-23(15-27(22)26)11-19-7-9-34-29-17-28-30(6-3-8-33-28)35(31)32(19)29/h1-9,13-16H,10-12,17H2. The third-order valence-corrected chi connectivity index (χ3v) is 8.36. The van der Waals surface area contributed by atoms with E-state index in [1.165, 1.54) is 72.7 Å². The molecule has 3 nitrogen and oxygen atoms in total. The molecule has 2 aromatic heterocycles. The molecular formula is C32H21N3. The maximum Gasteiger partial charge on any atom is 0.0717 e. The quantitative estimate of drug-likeness (QED) is 0.253. The summed E-state index contributed by atoms with van der Waals surface area (Å²) in [7, 11) is 0. The summed E-state index contributed by atoms with van der Waals surface area (Å²) < 4.78 is 0. The van der Waals surface area contributed by atoms with E-state index in [1.807, 2.05) is 12.4 Å². The average molecular weight is 448 g/mol. The van der Waals surface area contributed by atoms with Gasteiger partial charge in [-0.2, -0.15) is 0 Å². The lowest BCUT2D eigenvalue weighted by Crippen LogP contribution is -2.26. The minimum atomic E-state index is 0.800. The summed E-state index contributed by atoms with van der Waals surface area (Å²) in [4.78, 5) is 11.9. The van der Waals surface area contributed by atoms with Crippen molar-refractivity contribution in [2.45, 2.75) is 25.7 Å². The predicted molar refractivity (Wildman–Crippen MR) is 139 cm³/mol. The van der Waals surface area contributed by atoms with Crippen LogP contribution in [-0.4, -0.2) is 9.97 Å². The molecule has 4 aliphatic rings. The molecule has 0 bridgehead atoms. The number of rotatable bonds is 0. The molecule has 0 saturated heterocycles. The first kappa shape index (κ1) is 18.1. The zero-order valence-corrected chi connectivity index (χ0v) is 19.2. The third kappa shape index (κ3) is 2.30. The summed E-state index contributed by atoms with van der Waals surface area (Å²) in [6.45, 7) is 0. The van der Waals surface area contributed by atoms with Crippen molar-refractivity contribution in [2.24, 2.45) is 0 Å². The van der Waals surface area contributed by atoms with E-state index in [4.69, 9.17) is 9.97 Å². The molecular weight excluding hydrogens is 426 g/mol. The number of fused-ring (bicyclic) bond motifs is 10. The van der Waals surface area contributed by atoms with E-state index < -0.39 is 0 Å². The Hall–Kier alpha value is -4.24. The van der Waals surface area contributed by atoms with Gasteiger partial charge in [0.1, 0.15) is 0 Å². The minimum absolute atomic E-state index is 0.800. The van der Waals surface area contributed by atoms with Gasteiger partial charge in [-0.1, -0.05) is 24.3 Å². The molecule has 2 aliphatic carbocycles. The van der Waals surface area contributed by atoms with Gasteiger partial charge in [-0.05, 0) is 111 Å². The van der Waals surface area contributed by atoms with Crippen molar-refractivity contribution in [1.29, 1.82) is 0 Å². The number of pyridine rings is 2. The van der Waals surface area contributed by atoms with Crippen molar-refractivity contribution < 1.29 is 0 Å². The van der Waals surface area contributed by atoms with Crippen molar-refractivity contribution >= 4 is 17.1 Å². The Morgan fingerprint density at radius 3 is 2.11 bits per heavy atom. The fourth-order valence-corrected chi connectivity index (χ4v) is 6.85. The van der Waals surface area contributed by atoms with Crippen molar-refractivity contribution in [1.82, 2.24) is 9.97 Å². The van der Waals surface area contributed by atoms with Gasteiger partial charge in [0.2, 0.25) is 0 Å². The number of anilines is 3. The maximum atomic E-state index is 4.76. The lowest BCUT2D eigenvalue weighted by molar-refractivity contribution is 0.926. The van der Waals surface area contributed by atoms with Gasteiger partial charge >= 0.3 is 0 Å². The second-order valence-electron chi connectivity index (χ2n) is 10.2. The summed E-state index contributed by atoms with van der Waals surface area (Å²) >= 11 is 0. The van der Waals surface area contributed by atoms with E-state index in [0.29, 0.717) is 0 Å². The lowest BCUT2D eigenvalue weighted by Gasteiger charge is -2.38. The van der Waals surface area contributed by atoms with Gasteiger partial charge in [0, 0.05) is 25.2 Å². The monoisotopic (exact) mass is 447 g/mol. The minimum Gasteiger partial charge on any atom is -0.306 e. The average Bonchev–Trinajstić information content (AvgIpc) is 3.43. The fraction of sp³-hybridized carbons (Fsp3) is 0.125.